The molecule has 2 N–H and O–H groups in total. The Hall–Kier alpha value is -3.52. The van der Waals surface area contributed by atoms with Crippen molar-refractivity contribution in [2.24, 2.45) is 0 Å². The molecule has 0 radical (unpaired) electrons. The number of nitrogens with one attached hydrogen (secondary N) is 2. The van der Waals surface area contributed by atoms with E-state index in [4.69, 9.17) is 4.74 Å². The standard InChI is InChI=1S/C21H19N3O4S/c1-2-22-21(27)24-18(25)17(14-9-5-3-6-10-14)28-20(26)16-13-29-19(23-16)15-11-7-4-8-12-15/h3-13,17H,2H2,1H3,(H2,22,24,25,27)/t17-/m0/s1. The first-order valence-corrected chi connectivity index (χ1v) is 9.82. The van der Waals surface area contributed by atoms with Gasteiger partial charge >= 0.3 is 12.0 Å². The normalized spacial score (nSPS) is 11.3. The number of carbonyl (C=O) groups is 3. The lowest BCUT2D eigenvalue weighted by molar-refractivity contribution is -0.129. The zero-order chi connectivity index (χ0) is 20.6. The average Bonchev–Trinajstić information content (AvgIpc) is 3.23. The second kappa shape index (κ2) is 9.61. The van der Waals surface area contributed by atoms with Crippen LogP contribution in [0.25, 0.3) is 10.6 Å². The molecule has 7 nitrogen and oxygen atoms in total. The quantitative estimate of drug-likeness (QED) is 0.607. The van der Waals surface area contributed by atoms with Gasteiger partial charge in [0.05, 0.1) is 0 Å². The Morgan fingerprint density at radius 3 is 2.34 bits per heavy atom. The summed E-state index contributed by atoms with van der Waals surface area (Å²) in [5.41, 5.74) is 1.42. The number of carbonyl (C=O) groups excluding carboxylic acids is 3. The van der Waals surface area contributed by atoms with Crippen LogP contribution in [0.4, 0.5) is 4.79 Å². The van der Waals surface area contributed by atoms with Gasteiger partial charge in [0, 0.05) is 23.1 Å². The van der Waals surface area contributed by atoms with Gasteiger partial charge in [-0.05, 0) is 6.92 Å². The largest absolute Gasteiger partial charge is 0.443 e. The molecule has 0 aliphatic rings. The topological polar surface area (TPSA) is 97.4 Å². The van der Waals surface area contributed by atoms with E-state index in [-0.39, 0.29) is 5.69 Å². The molecule has 3 aromatic rings. The Morgan fingerprint density at radius 1 is 1.03 bits per heavy atom. The summed E-state index contributed by atoms with van der Waals surface area (Å²) < 4.78 is 5.43. The first kappa shape index (κ1) is 20.2. The van der Waals surface area contributed by atoms with Crippen molar-refractivity contribution in [2.75, 3.05) is 6.54 Å². The monoisotopic (exact) mass is 409 g/mol. The van der Waals surface area contributed by atoms with Gasteiger partial charge in [-0.1, -0.05) is 60.7 Å². The molecule has 0 saturated carbocycles. The molecule has 3 rings (SSSR count). The van der Waals surface area contributed by atoms with Crippen LogP contribution in [0.5, 0.6) is 0 Å². The van der Waals surface area contributed by atoms with Crippen LogP contribution in [-0.4, -0.2) is 29.4 Å². The SMILES string of the molecule is CCNC(=O)NC(=O)[C@@H](OC(=O)c1csc(-c2ccccc2)n1)c1ccccc1. The Bertz CT molecular complexity index is 989. The summed E-state index contributed by atoms with van der Waals surface area (Å²) in [7, 11) is 0. The molecule has 3 amide bonds. The smallest absolute Gasteiger partial charge is 0.358 e. The molecular weight excluding hydrogens is 390 g/mol. The molecule has 0 spiro atoms. The van der Waals surface area contributed by atoms with Gasteiger partial charge in [0.15, 0.2) is 5.69 Å². The molecule has 29 heavy (non-hydrogen) atoms. The predicted octanol–water partition coefficient (Wildman–Crippen LogP) is 3.55. The summed E-state index contributed by atoms with van der Waals surface area (Å²) in [6.07, 6.45) is -1.28. The van der Waals surface area contributed by atoms with Crippen LogP contribution >= 0.6 is 11.3 Å². The van der Waals surface area contributed by atoms with E-state index in [9.17, 15) is 14.4 Å². The molecule has 2 aromatic carbocycles. The molecule has 1 aromatic heterocycles. The minimum Gasteiger partial charge on any atom is -0.443 e. The second-order valence-corrected chi connectivity index (χ2v) is 6.81. The highest BCUT2D eigenvalue weighted by atomic mass is 32.1. The number of imide groups is 1. The van der Waals surface area contributed by atoms with Gasteiger partial charge in [0.1, 0.15) is 5.01 Å². The Kier molecular flexibility index (Phi) is 6.70. The maximum atomic E-state index is 12.6. The van der Waals surface area contributed by atoms with Crippen molar-refractivity contribution in [3.05, 3.63) is 77.3 Å². The number of hydrogen-bond donors (Lipinski definition) is 2. The van der Waals surface area contributed by atoms with Gasteiger partial charge in [-0.25, -0.2) is 14.6 Å². The third kappa shape index (κ3) is 5.26. The van der Waals surface area contributed by atoms with Crippen LogP contribution in [0.3, 0.4) is 0 Å². The maximum absolute atomic E-state index is 12.6. The molecule has 0 aliphatic carbocycles. The molecular formula is C21H19N3O4S. The fraction of sp³-hybridized carbons (Fsp3) is 0.143. The zero-order valence-electron chi connectivity index (χ0n) is 15.6. The van der Waals surface area contributed by atoms with Crippen molar-refractivity contribution in [1.29, 1.82) is 0 Å². The van der Waals surface area contributed by atoms with Crippen LogP contribution in [0.2, 0.25) is 0 Å². The van der Waals surface area contributed by atoms with Gasteiger partial charge in [-0.2, -0.15) is 0 Å². The van der Waals surface area contributed by atoms with Crippen LogP contribution in [0.1, 0.15) is 29.1 Å². The van der Waals surface area contributed by atoms with E-state index in [0.29, 0.717) is 17.1 Å². The summed E-state index contributed by atoms with van der Waals surface area (Å²) in [4.78, 5) is 41.2. The molecule has 1 atom stereocenters. The van der Waals surface area contributed by atoms with Gasteiger partial charge in [-0.3, -0.25) is 10.1 Å². The predicted molar refractivity (Wildman–Crippen MR) is 109 cm³/mol. The van der Waals surface area contributed by atoms with E-state index < -0.39 is 24.0 Å². The minimum atomic E-state index is -1.28. The van der Waals surface area contributed by atoms with Crippen molar-refractivity contribution in [2.45, 2.75) is 13.0 Å². The summed E-state index contributed by atoms with van der Waals surface area (Å²) in [6.45, 7) is 2.08. The van der Waals surface area contributed by atoms with Crippen LogP contribution in [0, 0.1) is 0 Å². The number of benzene rings is 2. The van der Waals surface area contributed by atoms with E-state index in [2.05, 4.69) is 15.6 Å². The molecule has 0 unspecified atom stereocenters. The number of thiazole rings is 1. The van der Waals surface area contributed by atoms with Crippen molar-refractivity contribution < 1.29 is 19.1 Å². The summed E-state index contributed by atoms with van der Waals surface area (Å²) in [5, 5.41) is 6.90. The molecule has 0 aliphatic heterocycles. The van der Waals surface area contributed by atoms with Gasteiger partial charge < -0.3 is 10.1 Å². The molecule has 148 valence electrons. The first-order chi connectivity index (χ1) is 14.1. The lowest BCUT2D eigenvalue weighted by Gasteiger charge is -2.17. The van der Waals surface area contributed by atoms with E-state index >= 15 is 0 Å². The first-order valence-electron chi connectivity index (χ1n) is 8.94. The second-order valence-electron chi connectivity index (χ2n) is 5.95. The average molecular weight is 409 g/mol. The van der Waals surface area contributed by atoms with Crippen LogP contribution in [0.15, 0.2) is 66.0 Å². The minimum absolute atomic E-state index is 0.0978. The van der Waals surface area contributed by atoms with Crippen molar-refractivity contribution in [3.63, 3.8) is 0 Å². The highest BCUT2D eigenvalue weighted by Gasteiger charge is 2.28. The fourth-order valence-corrected chi connectivity index (χ4v) is 3.33. The highest BCUT2D eigenvalue weighted by molar-refractivity contribution is 7.13. The fourth-order valence-electron chi connectivity index (χ4n) is 2.53. The molecule has 0 saturated heterocycles. The van der Waals surface area contributed by atoms with E-state index in [0.717, 1.165) is 5.56 Å². The van der Waals surface area contributed by atoms with E-state index in [1.54, 1.807) is 42.6 Å². The number of ether oxygens (including phenoxy) is 1. The zero-order valence-corrected chi connectivity index (χ0v) is 16.4. The maximum Gasteiger partial charge on any atom is 0.358 e. The van der Waals surface area contributed by atoms with Gasteiger partial charge in [-0.15, -0.1) is 11.3 Å². The van der Waals surface area contributed by atoms with Crippen LogP contribution < -0.4 is 10.6 Å². The van der Waals surface area contributed by atoms with Gasteiger partial charge in [0.25, 0.3) is 5.91 Å². The van der Waals surface area contributed by atoms with Crippen LogP contribution in [-0.2, 0) is 9.53 Å². The molecule has 8 heteroatoms. The lowest BCUT2D eigenvalue weighted by Crippen LogP contribution is -2.42. The van der Waals surface area contributed by atoms with Crippen molar-refractivity contribution in [3.8, 4) is 10.6 Å². The molecule has 0 fully saturated rings. The van der Waals surface area contributed by atoms with E-state index in [1.807, 2.05) is 30.3 Å². The molecule has 0 bridgehead atoms. The van der Waals surface area contributed by atoms with Gasteiger partial charge in [0.2, 0.25) is 6.10 Å². The van der Waals surface area contributed by atoms with E-state index in [1.165, 1.54) is 11.3 Å². The summed E-state index contributed by atoms with van der Waals surface area (Å²) in [5.74, 6) is -1.49. The van der Waals surface area contributed by atoms with Crippen molar-refractivity contribution in [1.82, 2.24) is 15.6 Å². The third-order valence-corrected chi connectivity index (χ3v) is 4.76. The number of urea groups is 1. The number of amides is 3. The summed E-state index contributed by atoms with van der Waals surface area (Å²) >= 11 is 1.30. The number of rotatable bonds is 6. The Morgan fingerprint density at radius 2 is 1.69 bits per heavy atom. The lowest BCUT2D eigenvalue weighted by atomic mass is 10.1. The third-order valence-electron chi connectivity index (χ3n) is 3.87. The Balaban J connectivity index is 1.79. The number of aromatic nitrogens is 1. The number of esters is 1. The highest BCUT2D eigenvalue weighted by Crippen LogP contribution is 2.25. The number of nitrogens with zero attached hydrogens (tertiary/aromatic N) is 1. The Labute approximate surface area is 171 Å². The van der Waals surface area contributed by atoms with Crippen molar-refractivity contribution >= 4 is 29.2 Å². The summed E-state index contributed by atoms with van der Waals surface area (Å²) in [6, 6.07) is 17.3. The number of hydrogen-bond acceptors (Lipinski definition) is 6. The molecule has 1 heterocycles.